The van der Waals surface area contributed by atoms with Crippen LogP contribution in [0.15, 0.2) is 12.1 Å². The van der Waals surface area contributed by atoms with Crippen LogP contribution < -0.4 is 20.9 Å². The first kappa shape index (κ1) is 20.8. The van der Waals surface area contributed by atoms with Gasteiger partial charge in [0.15, 0.2) is 18.1 Å². The van der Waals surface area contributed by atoms with Crippen LogP contribution in [0.4, 0.5) is 0 Å². The van der Waals surface area contributed by atoms with E-state index in [1.165, 1.54) is 20.0 Å². The van der Waals surface area contributed by atoms with E-state index in [-0.39, 0.29) is 19.0 Å². The molecule has 1 aliphatic heterocycles. The number of carbonyl (C=O) groups is 1. The highest BCUT2D eigenvalue weighted by molar-refractivity contribution is 6.32. The topological polar surface area (TPSA) is 90.8 Å². The van der Waals surface area contributed by atoms with Crippen molar-refractivity contribution in [2.45, 2.75) is 31.8 Å². The van der Waals surface area contributed by atoms with Gasteiger partial charge in [-0.1, -0.05) is 18.0 Å². The van der Waals surface area contributed by atoms with Gasteiger partial charge >= 0.3 is 0 Å². The Morgan fingerprint density at radius 2 is 2.17 bits per heavy atom. The highest BCUT2D eigenvalue weighted by Crippen LogP contribution is 2.37. The van der Waals surface area contributed by atoms with Crippen molar-refractivity contribution in [3.8, 4) is 11.5 Å². The largest absolute Gasteiger partial charge is 0.493 e. The molecule has 0 aliphatic carbocycles. The second kappa shape index (κ2) is 9.93. The molecule has 1 amide bonds. The minimum absolute atomic E-state index is 0. The summed E-state index contributed by atoms with van der Waals surface area (Å²) in [4.78, 5) is 13.3. The van der Waals surface area contributed by atoms with Crippen molar-refractivity contribution in [1.29, 1.82) is 0 Å². The molecule has 1 aliphatic rings. The zero-order valence-corrected chi connectivity index (χ0v) is 15.4. The van der Waals surface area contributed by atoms with Crippen molar-refractivity contribution in [3.63, 3.8) is 0 Å². The predicted molar refractivity (Wildman–Crippen MR) is 97.0 cm³/mol. The first-order chi connectivity index (χ1) is 11.0. The highest BCUT2D eigenvalue weighted by atomic mass is 35.5. The number of likely N-dealkylation sites (tertiary alicyclic amines) is 1. The van der Waals surface area contributed by atoms with E-state index in [1.807, 2.05) is 12.1 Å². The zero-order valence-electron chi connectivity index (χ0n) is 13.8. The maximum atomic E-state index is 10.9. The minimum Gasteiger partial charge on any atom is -0.493 e. The molecule has 1 heterocycles. The fraction of sp³-hybridized carbons (Fsp3) is 0.562. The van der Waals surface area contributed by atoms with Gasteiger partial charge in [-0.15, -0.1) is 12.4 Å². The number of nitrogens with zero attached hydrogens (tertiary/aromatic N) is 1. The van der Waals surface area contributed by atoms with Crippen LogP contribution >= 0.6 is 24.0 Å². The first-order valence-corrected chi connectivity index (χ1v) is 8.14. The van der Waals surface area contributed by atoms with Gasteiger partial charge in [0.25, 0.3) is 5.91 Å². The van der Waals surface area contributed by atoms with Crippen LogP contribution in [0.1, 0.15) is 24.8 Å². The van der Waals surface area contributed by atoms with E-state index in [0.717, 1.165) is 25.1 Å². The minimum atomic E-state index is -0.564. The Balaban J connectivity index is 0.00000288. The fourth-order valence-corrected chi connectivity index (χ4v) is 3.21. The first-order valence-electron chi connectivity index (χ1n) is 7.76. The molecular formula is C16H25Cl2N3O3. The quantitative estimate of drug-likeness (QED) is 0.757. The fourth-order valence-electron chi connectivity index (χ4n) is 2.92. The molecule has 0 spiro atoms. The number of nitrogens with two attached hydrogens (primary N) is 2. The summed E-state index contributed by atoms with van der Waals surface area (Å²) in [6.45, 7) is 2.21. The predicted octanol–water partition coefficient (Wildman–Crippen LogP) is 1.95. The third-order valence-corrected chi connectivity index (χ3v) is 4.34. The molecule has 4 N–H and O–H groups in total. The lowest BCUT2D eigenvalue weighted by molar-refractivity contribution is -0.119. The van der Waals surface area contributed by atoms with Crippen molar-refractivity contribution >= 4 is 29.9 Å². The summed E-state index contributed by atoms with van der Waals surface area (Å²) in [6.07, 6.45) is 3.53. The molecule has 2 rings (SSSR count). The number of ether oxygens (including phenoxy) is 2. The second-order valence-electron chi connectivity index (χ2n) is 5.72. The molecule has 1 fully saturated rings. The summed E-state index contributed by atoms with van der Waals surface area (Å²) in [5.74, 6) is 0.270. The van der Waals surface area contributed by atoms with E-state index in [2.05, 4.69) is 4.90 Å². The van der Waals surface area contributed by atoms with Gasteiger partial charge in [-0.3, -0.25) is 9.69 Å². The molecule has 136 valence electrons. The van der Waals surface area contributed by atoms with E-state index in [1.54, 1.807) is 0 Å². The van der Waals surface area contributed by atoms with Crippen molar-refractivity contribution in [2.24, 2.45) is 11.5 Å². The van der Waals surface area contributed by atoms with Gasteiger partial charge in [-0.05, 0) is 37.1 Å². The van der Waals surface area contributed by atoms with E-state index in [0.29, 0.717) is 29.1 Å². The standard InChI is InChI=1S/C16H24ClN3O3.ClH/c1-22-14-7-11(6-13(17)16(14)23-10-15(19)21)9-20-5-3-2-4-12(20)8-18;/h6-7,12H,2-5,8-10,18H2,1H3,(H2,19,21);1H. The Morgan fingerprint density at radius 1 is 1.42 bits per heavy atom. The molecule has 24 heavy (non-hydrogen) atoms. The van der Waals surface area contributed by atoms with E-state index >= 15 is 0 Å². The smallest absolute Gasteiger partial charge is 0.255 e. The Hall–Kier alpha value is -1.21. The Labute approximate surface area is 153 Å². The van der Waals surface area contributed by atoms with Gasteiger partial charge in [0.1, 0.15) is 0 Å². The highest BCUT2D eigenvalue weighted by Gasteiger charge is 2.22. The van der Waals surface area contributed by atoms with Crippen molar-refractivity contribution in [3.05, 3.63) is 22.7 Å². The van der Waals surface area contributed by atoms with Gasteiger partial charge < -0.3 is 20.9 Å². The van der Waals surface area contributed by atoms with Crippen LogP contribution in [-0.4, -0.2) is 43.7 Å². The third-order valence-electron chi connectivity index (χ3n) is 4.05. The summed E-state index contributed by atoms with van der Waals surface area (Å²) >= 11 is 6.28. The summed E-state index contributed by atoms with van der Waals surface area (Å²) in [5.41, 5.74) is 12.0. The van der Waals surface area contributed by atoms with Gasteiger partial charge in [0.05, 0.1) is 12.1 Å². The molecule has 0 saturated carbocycles. The number of hydrogen-bond donors (Lipinski definition) is 2. The monoisotopic (exact) mass is 377 g/mol. The van der Waals surface area contributed by atoms with Crippen LogP contribution in [0.2, 0.25) is 5.02 Å². The number of rotatable bonds is 7. The SMILES string of the molecule is COc1cc(CN2CCCCC2CN)cc(Cl)c1OCC(N)=O.Cl. The summed E-state index contributed by atoms with van der Waals surface area (Å²) in [7, 11) is 1.54. The van der Waals surface area contributed by atoms with Crippen LogP contribution in [0.25, 0.3) is 0 Å². The summed E-state index contributed by atoms with van der Waals surface area (Å²) < 4.78 is 10.7. The van der Waals surface area contributed by atoms with E-state index < -0.39 is 5.91 Å². The lowest BCUT2D eigenvalue weighted by atomic mass is 10.0. The molecule has 1 unspecified atom stereocenters. The van der Waals surface area contributed by atoms with Crippen LogP contribution in [0, 0.1) is 0 Å². The average Bonchev–Trinajstić information content (AvgIpc) is 2.53. The molecular weight excluding hydrogens is 353 g/mol. The van der Waals surface area contributed by atoms with Gasteiger partial charge in [-0.25, -0.2) is 0 Å². The molecule has 1 aromatic carbocycles. The van der Waals surface area contributed by atoms with E-state index in [9.17, 15) is 4.79 Å². The number of primary amides is 1. The van der Waals surface area contributed by atoms with Crippen LogP contribution in [0.3, 0.4) is 0 Å². The average molecular weight is 378 g/mol. The van der Waals surface area contributed by atoms with Crippen molar-refractivity contribution < 1.29 is 14.3 Å². The number of halogens is 2. The molecule has 0 aromatic heterocycles. The Kier molecular flexibility index (Phi) is 8.62. The van der Waals surface area contributed by atoms with Gasteiger partial charge in [0.2, 0.25) is 0 Å². The number of carbonyl (C=O) groups excluding carboxylic acids is 1. The van der Waals surface area contributed by atoms with Crippen LogP contribution in [-0.2, 0) is 11.3 Å². The molecule has 8 heteroatoms. The summed E-state index contributed by atoms with van der Waals surface area (Å²) in [6, 6.07) is 4.12. The lowest BCUT2D eigenvalue weighted by Crippen LogP contribution is -2.43. The molecule has 0 radical (unpaired) electrons. The molecule has 0 bridgehead atoms. The van der Waals surface area contributed by atoms with E-state index in [4.69, 9.17) is 32.5 Å². The maximum absolute atomic E-state index is 10.9. The number of piperidine rings is 1. The number of hydrogen-bond acceptors (Lipinski definition) is 5. The molecule has 1 atom stereocenters. The molecule has 6 nitrogen and oxygen atoms in total. The number of benzene rings is 1. The van der Waals surface area contributed by atoms with Gasteiger partial charge in [-0.2, -0.15) is 0 Å². The number of amides is 1. The van der Waals surface area contributed by atoms with Crippen molar-refractivity contribution in [1.82, 2.24) is 4.90 Å². The van der Waals surface area contributed by atoms with Crippen molar-refractivity contribution in [2.75, 3.05) is 26.8 Å². The Morgan fingerprint density at radius 3 is 2.79 bits per heavy atom. The molecule has 1 saturated heterocycles. The third kappa shape index (κ3) is 5.41. The second-order valence-corrected chi connectivity index (χ2v) is 6.13. The normalized spacial score (nSPS) is 17.9. The number of methoxy groups -OCH3 is 1. The molecule has 1 aromatic rings. The lowest BCUT2D eigenvalue weighted by Gasteiger charge is -2.35. The summed E-state index contributed by atoms with van der Waals surface area (Å²) in [5, 5.41) is 0.405. The maximum Gasteiger partial charge on any atom is 0.255 e. The zero-order chi connectivity index (χ0) is 16.8. The van der Waals surface area contributed by atoms with Gasteiger partial charge in [0, 0.05) is 19.1 Å². The van der Waals surface area contributed by atoms with Crippen LogP contribution in [0.5, 0.6) is 11.5 Å². The Bertz CT molecular complexity index is 558.